The predicted molar refractivity (Wildman–Crippen MR) is 82.5 cm³/mol. The smallest absolute Gasteiger partial charge is 0.280 e. The first kappa shape index (κ1) is 16.5. The highest BCUT2D eigenvalue weighted by Crippen LogP contribution is 2.20. The number of halogens is 3. The molecule has 1 heterocycles. The summed E-state index contributed by atoms with van der Waals surface area (Å²) in [4.78, 5) is 4.03. The van der Waals surface area contributed by atoms with E-state index in [2.05, 4.69) is 20.9 Å². The van der Waals surface area contributed by atoms with Gasteiger partial charge in [0.05, 0.1) is 6.54 Å². The third-order valence-corrected chi connectivity index (χ3v) is 4.57. The van der Waals surface area contributed by atoms with Crippen LogP contribution < -0.4 is 0 Å². The van der Waals surface area contributed by atoms with Crippen molar-refractivity contribution in [2.45, 2.75) is 31.3 Å². The Morgan fingerprint density at radius 1 is 1.43 bits per heavy atom. The van der Waals surface area contributed by atoms with Gasteiger partial charge >= 0.3 is 0 Å². The average Bonchev–Trinajstić information content (AvgIpc) is 2.78. The lowest BCUT2D eigenvalue weighted by molar-refractivity contribution is 0.592. The van der Waals surface area contributed by atoms with Crippen LogP contribution in [0, 0.1) is 5.82 Å². The van der Waals surface area contributed by atoms with Gasteiger partial charge in [0, 0.05) is 33.3 Å². The maximum Gasteiger partial charge on any atom is 0.280 e. The second-order valence-corrected chi connectivity index (χ2v) is 7.98. The lowest BCUT2D eigenvalue weighted by Gasteiger charge is -2.08. The lowest BCUT2D eigenvalue weighted by atomic mass is 10.2. The van der Waals surface area contributed by atoms with Gasteiger partial charge in [-0.2, -0.15) is 0 Å². The first-order chi connectivity index (χ1) is 9.81. The van der Waals surface area contributed by atoms with Gasteiger partial charge in [-0.05, 0) is 24.6 Å². The largest absolute Gasteiger partial charge is 0.329 e. The monoisotopic (exact) mass is 394 g/mol. The standard InChI is InChI=1S/C13H13BrClFN2O2S/c1-2-3-12-17-13(21(15,19)20)8-18(12)7-9-6-10(14)4-5-11(9)16/h4-6,8H,2-3,7H2,1H3. The van der Waals surface area contributed by atoms with Crippen molar-refractivity contribution in [3.05, 3.63) is 46.1 Å². The van der Waals surface area contributed by atoms with Crippen LogP contribution in [0.2, 0.25) is 0 Å². The first-order valence-electron chi connectivity index (χ1n) is 6.26. The van der Waals surface area contributed by atoms with Crippen molar-refractivity contribution in [2.24, 2.45) is 0 Å². The summed E-state index contributed by atoms with van der Waals surface area (Å²) in [5.74, 6) is 0.209. The molecule has 1 aromatic heterocycles. The second-order valence-electron chi connectivity index (χ2n) is 4.55. The molecular weight excluding hydrogens is 383 g/mol. The number of hydrogen-bond donors (Lipinski definition) is 0. The van der Waals surface area contributed by atoms with Crippen LogP contribution in [-0.4, -0.2) is 18.0 Å². The number of hydrogen-bond acceptors (Lipinski definition) is 3. The van der Waals surface area contributed by atoms with Crippen molar-refractivity contribution in [3.8, 4) is 0 Å². The molecule has 0 saturated carbocycles. The molecule has 0 radical (unpaired) electrons. The molecular formula is C13H13BrClFN2O2S. The maximum absolute atomic E-state index is 13.8. The fraction of sp³-hybridized carbons (Fsp3) is 0.308. The van der Waals surface area contributed by atoms with Gasteiger partial charge in [0.2, 0.25) is 0 Å². The molecule has 21 heavy (non-hydrogen) atoms. The molecule has 0 aliphatic carbocycles. The van der Waals surface area contributed by atoms with Crippen molar-refractivity contribution >= 4 is 35.7 Å². The lowest BCUT2D eigenvalue weighted by Crippen LogP contribution is -2.05. The molecule has 0 unspecified atom stereocenters. The second kappa shape index (κ2) is 6.46. The van der Waals surface area contributed by atoms with E-state index < -0.39 is 9.05 Å². The van der Waals surface area contributed by atoms with Gasteiger partial charge in [-0.25, -0.2) is 17.8 Å². The Kier molecular flexibility index (Phi) is 5.06. The Bertz CT molecular complexity index is 762. The topological polar surface area (TPSA) is 52.0 Å². The van der Waals surface area contributed by atoms with Crippen molar-refractivity contribution in [1.82, 2.24) is 9.55 Å². The Hall–Kier alpha value is -0.920. The molecule has 8 heteroatoms. The van der Waals surface area contributed by atoms with Crippen LogP contribution in [-0.2, 0) is 22.0 Å². The minimum atomic E-state index is -3.90. The number of nitrogens with zero attached hydrogens (tertiary/aromatic N) is 2. The molecule has 2 aromatic rings. The minimum Gasteiger partial charge on any atom is -0.329 e. The molecule has 0 aliphatic rings. The summed E-state index contributed by atoms with van der Waals surface area (Å²) in [6.45, 7) is 2.15. The van der Waals surface area contributed by atoms with Crippen LogP contribution in [0.3, 0.4) is 0 Å². The highest BCUT2D eigenvalue weighted by molar-refractivity contribution is 9.10. The van der Waals surface area contributed by atoms with E-state index in [1.165, 1.54) is 12.3 Å². The molecule has 0 fully saturated rings. The van der Waals surface area contributed by atoms with Crippen molar-refractivity contribution in [1.29, 1.82) is 0 Å². The van der Waals surface area contributed by atoms with Gasteiger partial charge in [-0.3, -0.25) is 0 Å². The van der Waals surface area contributed by atoms with E-state index in [4.69, 9.17) is 10.7 Å². The molecule has 0 saturated heterocycles. The summed E-state index contributed by atoms with van der Waals surface area (Å²) in [5.41, 5.74) is 0.442. The zero-order valence-electron chi connectivity index (χ0n) is 11.2. The van der Waals surface area contributed by atoms with Crippen LogP contribution in [0.15, 0.2) is 33.9 Å². The van der Waals surface area contributed by atoms with Crippen molar-refractivity contribution in [2.75, 3.05) is 0 Å². The Balaban J connectivity index is 2.43. The van der Waals surface area contributed by atoms with E-state index in [1.54, 1.807) is 16.7 Å². The Labute approximate surface area is 135 Å². The van der Waals surface area contributed by atoms with Gasteiger partial charge in [0.15, 0.2) is 5.03 Å². The van der Waals surface area contributed by atoms with E-state index in [9.17, 15) is 12.8 Å². The molecule has 0 atom stereocenters. The molecule has 0 amide bonds. The summed E-state index contributed by atoms with van der Waals surface area (Å²) in [5, 5.41) is -0.206. The third-order valence-electron chi connectivity index (χ3n) is 2.91. The van der Waals surface area contributed by atoms with E-state index in [0.29, 0.717) is 17.8 Å². The number of rotatable bonds is 5. The molecule has 0 spiro atoms. The maximum atomic E-state index is 13.8. The Morgan fingerprint density at radius 2 is 2.14 bits per heavy atom. The summed E-state index contributed by atoms with van der Waals surface area (Å²) < 4.78 is 38.9. The normalized spacial score (nSPS) is 11.8. The summed E-state index contributed by atoms with van der Waals surface area (Å²) in [6.07, 6.45) is 2.72. The van der Waals surface area contributed by atoms with Crippen LogP contribution in [0.5, 0.6) is 0 Å². The SMILES string of the molecule is CCCc1nc(S(=O)(=O)Cl)cn1Cc1cc(Br)ccc1F. The van der Waals surface area contributed by atoms with E-state index in [0.717, 1.165) is 10.9 Å². The molecule has 0 N–H and O–H groups in total. The van der Waals surface area contributed by atoms with Gasteiger partial charge in [-0.1, -0.05) is 22.9 Å². The molecule has 0 bridgehead atoms. The fourth-order valence-electron chi connectivity index (χ4n) is 1.95. The highest BCUT2D eigenvalue weighted by Gasteiger charge is 2.18. The predicted octanol–water partition coefficient (Wildman–Crippen LogP) is 3.71. The quantitative estimate of drug-likeness (QED) is 0.725. The minimum absolute atomic E-state index is 0.194. The van der Waals surface area contributed by atoms with Gasteiger partial charge in [-0.15, -0.1) is 0 Å². The van der Waals surface area contributed by atoms with Crippen LogP contribution in [0.25, 0.3) is 0 Å². The average molecular weight is 396 g/mol. The Morgan fingerprint density at radius 3 is 2.76 bits per heavy atom. The van der Waals surface area contributed by atoms with Gasteiger partial charge in [0.1, 0.15) is 11.6 Å². The van der Waals surface area contributed by atoms with Gasteiger partial charge in [0.25, 0.3) is 9.05 Å². The third kappa shape index (κ3) is 4.05. The van der Waals surface area contributed by atoms with Crippen molar-refractivity contribution < 1.29 is 12.8 Å². The zero-order valence-corrected chi connectivity index (χ0v) is 14.3. The number of imidazole rings is 1. The van der Waals surface area contributed by atoms with E-state index >= 15 is 0 Å². The van der Waals surface area contributed by atoms with Crippen molar-refractivity contribution in [3.63, 3.8) is 0 Å². The molecule has 1 aromatic carbocycles. The van der Waals surface area contributed by atoms with Crippen LogP contribution >= 0.6 is 26.6 Å². The van der Waals surface area contributed by atoms with E-state index in [-0.39, 0.29) is 17.4 Å². The molecule has 4 nitrogen and oxygen atoms in total. The van der Waals surface area contributed by atoms with Crippen LogP contribution in [0.1, 0.15) is 24.7 Å². The summed E-state index contributed by atoms with van der Waals surface area (Å²) >= 11 is 3.29. The number of benzene rings is 1. The van der Waals surface area contributed by atoms with Crippen LogP contribution in [0.4, 0.5) is 4.39 Å². The molecule has 2 rings (SSSR count). The molecule has 114 valence electrons. The van der Waals surface area contributed by atoms with E-state index in [1.807, 2.05) is 6.92 Å². The first-order valence-corrected chi connectivity index (χ1v) is 9.36. The number of aryl methyl sites for hydroxylation is 1. The highest BCUT2D eigenvalue weighted by atomic mass is 79.9. The molecule has 0 aliphatic heterocycles. The number of aromatic nitrogens is 2. The fourth-order valence-corrected chi connectivity index (χ4v) is 3.05. The zero-order chi connectivity index (χ0) is 15.6. The van der Waals surface area contributed by atoms with Gasteiger partial charge < -0.3 is 4.57 Å². The summed E-state index contributed by atoms with van der Waals surface area (Å²) in [7, 11) is 1.42. The summed E-state index contributed by atoms with van der Waals surface area (Å²) in [6, 6.07) is 4.61.